The molecule has 192 valence electrons. The minimum absolute atomic E-state index is 0.0959. The van der Waals surface area contributed by atoms with Gasteiger partial charge in [0, 0.05) is 25.3 Å². The number of ether oxygens (including phenoxy) is 1. The molecular formula is C26H36ClN3O4S. The number of esters is 1. The second-order valence-electron chi connectivity index (χ2n) is 9.18. The molecule has 35 heavy (non-hydrogen) atoms. The van der Waals surface area contributed by atoms with Crippen molar-refractivity contribution in [2.24, 2.45) is 5.92 Å². The third-order valence-electron chi connectivity index (χ3n) is 6.91. The Morgan fingerprint density at radius 1 is 1.23 bits per heavy atom. The van der Waals surface area contributed by atoms with Crippen molar-refractivity contribution in [3.05, 3.63) is 44.8 Å². The maximum absolute atomic E-state index is 13.2. The Morgan fingerprint density at radius 3 is 2.46 bits per heavy atom. The van der Waals surface area contributed by atoms with Gasteiger partial charge in [-0.3, -0.25) is 9.59 Å². The van der Waals surface area contributed by atoms with E-state index in [2.05, 4.69) is 15.5 Å². The molecule has 1 aliphatic heterocycles. The summed E-state index contributed by atoms with van der Waals surface area (Å²) < 4.78 is 5.53. The molecule has 0 unspecified atom stereocenters. The molecule has 9 heteroatoms. The Labute approximate surface area is 216 Å². The van der Waals surface area contributed by atoms with Gasteiger partial charge in [0.2, 0.25) is 5.91 Å². The summed E-state index contributed by atoms with van der Waals surface area (Å²) in [6.45, 7) is 6.13. The number of thiophene rings is 1. The van der Waals surface area contributed by atoms with Gasteiger partial charge >= 0.3 is 5.97 Å². The summed E-state index contributed by atoms with van der Waals surface area (Å²) in [5.74, 6) is -0.313. The van der Waals surface area contributed by atoms with Crippen LogP contribution >= 0.6 is 22.9 Å². The van der Waals surface area contributed by atoms with E-state index in [0.717, 1.165) is 50.9 Å². The molecule has 3 rings (SSSR count). The summed E-state index contributed by atoms with van der Waals surface area (Å²) in [5, 5.41) is 6.15. The van der Waals surface area contributed by atoms with Crippen LogP contribution in [0.3, 0.4) is 0 Å². The van der Waals surface area contributed by atoms with E-state index in [4.69, 9.17) is 16.3 Å². The summed E-state index contributed by atoms with van der Waals surface area (Å²) in [5.41, 5.74) is 0.657. The number of piperidine rings is 1. The van der Waals surface area contributed by atoms with E-state index in [1.807, 2.05) is 26.0 Å². The number of carbonyl (C=O) groups is 3. The zero-order chi connectivity index (χ0) is 25.4. The van der Waals surface area contributed by atoms with Crippen molar-refractivity contribution in [3.8, 4) is 0 Å². The summed E-state index contributed by atoms with van der Waals surface area (Å²) in [6, 6.07) is 3.39. The van der Waals surface area contributed by atoms with Crippen molar-refractivity contribution < 1.29 is 19.1 Å². The van der Waals surface area contributed by atoms with Crippen molar-refractivity contribution in [3.63, 3.8) is 0 Å². The molecule has 2 heterocycles. The molecule has 0 bridgehead atoms. The summed E-state index contributed by atoms with van der Waals surface area (Å²) in [7, 11) is 1.41. The fourth-order valence-electron chi connectivity index (χ4n) is 5.00. The van der Waals surface area contributed by atoms with E-state index in [1.165, 1.54) is 18.4 Å². The van der Waals surface area contributed by atoms with Crippen molar-refractivity contribution >= 4 is 40.7 Å². The highest BCUT2D eigenvalue weighted by atomic mass is 35.5. The number of nitrogens with one attached hydrogen (secondary N) is 2. The molecule has 1 aromatic heterocycles. The van der Waals surface area contributed by atoms with Crippen LogP contribution < -0.4 is 10.6 Å². The fourth-order valence-corrected chi connectivity index (χ4v) is 5.94. The van der Waals surface area contributed by atoms with Crippen LogP contribution in [0.4, 0.5) is 0 Å². The van der Waals surface area contributed by atoms with Crippen molar-refractivity contribution in [1.29, 1.82) is 0 Å². The van der Waals surface area contributed by atoms with E-state index in [-0.39, 0.29) is 17.8 Å². The Morgan fingerprint density at radius 2 is 1.91 bits per heavy atom. The summed E-state index contributed by atoms with van der Waals surface area (Å²) >= 11 is 7.19. The average Bonchev–Trinajstić information content (AvgIpc) is 3.52. The van der Waals surface area contributed by atoms with Gasteiger partial charge < -0.3 is 20.3 Å². The quantitative estimate of drug-likeness (QED) is 0.280. The fraction of sp³-hybridized carbons (Fsp3) is 0.577. The first-order chi connectivity index (χ1) is 16.8. The van der Waals surface area contributed by atoms with Crippen molar-refractivity contribution in [2.75, 3.05) is 26.7 Å². The first kappa shape index (κ1) is 27.3. The van der Waals surface area contributed by atoms with Gasteiger partial charge in [0.15, 0.2) is 0 Å². The second-order valence-corrected chi connectivity index (χ2v) is 10.9. The highest BCUT2D eigenvalue weighted by molar-refractivity contribution is 7.18. The average molecular weight is 522 g/mol. The number of halogens is 1. The molecule has 0 radical (unpaired) electrons. The Kier molecular flexibility index (Phi) is 9.80. The maximum atomic E-state index is 13.2. The van der Waals surface area contributed by atoms with Gasteiger partial charge in [-0.1, -0.05) is 43.5 Å². The topological polar surface area (TPSA) is 87.7 Å². The molecule has 2 aliphatic rings. The molecule has 0 spiro atoms. The smallest absolute Gasteiger partial charge is 0.339 e. The van der Waals surface area contributed by atoms with Crippen LogP contribution in [0.2, 0.25) is 4.34 Å². The van der Waals surface area contributed by atoms with Gasteiger partial charge in [0.1, 0.15) is 5.54 Å². The number of nitrogens with zero attached hydrogens (tertiary/aromatic N) is 1. The number of allylic oxidation sites excluding steroid dienone is 2. The van der Waals surface area contributed by atoms with Crippen LogP contribution in [0.25, 0.3) is 0 Å². The Balaban J connectivity index is 1.55. The third-order valence-corrected chi connectivity index (χ3v) is 8.14. The standard InChI is InChI=1S/C26H36ClN3O4S/c1-4-8-19(24(32)34-3)20(5-2)30-15-11-18(12-16-30)17-28-25(33)26(13-6-7-14-26)29-23(31)21-9-10-22(27)35-21/h5,8-10,18H,4,6-7,11-17H2,1-3H3,(H,28,33)(H,29,31)/b19-8+,20-5+. The van der Waals surface area contributed by atoms with Crippen LogP contribution in [0.5, 0.6) is 0 Å². The van der Waals surface area contributed by atoms with Crippen LogP contribution in [0.15, 0.2) is 35.6 Å². The van der Waals surface area contributed by atoms with Crippen molar-refractivity contribution in [1.82, 2.24) is 15.5 Å². The molecule has 2 fully saturated rings. The predicted molar refractivity (Wildman–Crippen MR) is 139 cm³/mol. The number of methoxy groups -OCH3 is 1. The van der Waals surface area contributed by atoms with E-state index in [9.17, 15) is 14.4 Å². The largest absolute Gasteiger partial charge is 0.465 e. The lowest BCUT2D eigenvalue weighted by Gasteiger charge is -2.36. The van der Waals surface area contributed by atoms with Crippen LogP contribution in [-0.4, -0.2) is 55.0 Å². The third kappa shape index (κ3) is 6.67. The van der Waals surface area contributed by atoms with E-state index >= 15 is 0 Å². The lowest BCUT2D eigenvalue weighted by molar-refractivity contribution is -0.136. The van der Waals surface area contributed by atoms with E-state index < -0.39 is 5.54 Å². The maximum Gasteiger partial charge on any atom is 0.339 e. The molecule has 1 aromatic rings. The molecule has 7 nitrogen and oxygen atoms in total. The summed E-state index contributed by atoms with van der Waals surface area (Å²) in [4.78, 5) is 41.0. The predicted octanol–water partition coefficient (Wildman–Crippen LogP) is 4.69. The van der Waals surface area contributed by atoms with Gasteiger partial charge in [-0.2, -0.15) is 0 Å². The monoisotopic (exact) mass is 521 g/mol. The van der Waals surface area contributed by atoms with Gasteiger partial charge in [-0.25, -0.2) is 4.79 Å². The number of hydrogen-bond donors (Lipinski definition) is 2. The Bertz CT molecular complexity index is 973. The zero-order valence-electron chi connectivity index (χ0n) is 20.8. The number of likely N-dealkylation sites (tertiary alicyclic amines) is 1. The van der Waals surface area contributed by atoms with Gasteiger partial charge in [0.05, 0.1) is 21.9 Å². The lowest BCUT2D eigenvalue weighted by atomic mass is 9.93. The first-order valence-corrected chi connectivity index (χ1v) is 13.6. The Hall–Kier alpha value is -2.32. The van der Waals surface area contributed by atoms with Crippen molar-refractivity contribution in [2.45, 2.75) is 64.3 Å². The zero-order valence-corrected chi connectivity index (χ0v) is 22.4. The lowest BCUT2D eigenvalue weighted by Crippen LogP contribution is -2.57. The van der Waals surface area contributed by atoms with Gasteiger partial charge in [0.25, 0.3) is 5.91 Å². The highest BCUT2D eigenvalue weighted by Gasteiger charge is 2.43. The molecule has 1 aliphatic carbocycles. The van der Waals surface area contributed by atoms with Gasteiger partial charge in [-0.05, 0) is 57.1 Å². The van der Waals surface area contributed by atoms with Crippen LogP contribution in [0.1, 0.15) is 68.5 Å². The molecule has 2 amide bonds. The SMILES string of the molecule is C/C=C(\C(=C/CC)C(=O)OC)N1CCC(CNC(=O)C2(NC(=O)c3ccc(Cl)s3)CCCC2)CC1. The molecular weight excluding hydrogens is 486 g/mol. The van der Waals surface area contributed by atoms with Crippen LogP contribution in [-0.2, 0) is 14.3 Å². The number of carbonyl (C=O) groups excluding carboxylic acids is 3. The molecule has 1 saturated heterocycles. The number of rotatable bonds is 9. The number of amides is 2. The minimum Gasteiger partial charge on any atom is -0.465 e. The summed E-state index contributed by atoms with van der Waals surface area (Å²) in [6.07, 6.45) is 9.56. The minimum atomic E-state index is -0.854. The first-order valence-electron chi connectivity index (χ1n) is 12.4. The number of hydrogen-bond acceptors (Lipinski definition) is 6. The van der Waals surface area contributed by atoms with E-state index in [0.29, 0.717) is 40.1 Å². The van der Waals surface area contributed by atoms with Gasteiger partial charge in [-0.15, -0.1) is 11.3 Å². The van der Waals surface area contributed by atoms with Crippen LogP contribution in [0, 0.1) is 5.92 Å². The molecule has 0 aromatic carbocycles. The second kappa shape index (κ2) is 12.6. The molecule has 0 atom stereocenters. The molecule has 1 saturated carbocycles. The normalized spacial score (nSPS) is 18.9. The molecule has 2 N–H and O–H groups in total. The van der Waals surface area contributed by atoms with E-state index in [1.54, 1.807) is 12.1 Å². The highest BCUT2D eigenvalue weighted by Crippen LogP contribution is 2.32.